The fourth-order valence-electron chi connectivity index (χ4n) is 2.51. The monoisotopic (exact) mass is 297 g/mol. The summed E-state index contributed by atoms with van der Waals surface area (Å²) in [7, 11) is 0. The number of carbonyl (C=O) groups is 1. The highest BCUT2D eigenvalue weighted by atomic mass is 35.5. The van der Waals surface area contributed by atoms with Gasteiger partial charge in [-0.1, -0.05) is 18.5 Å². The van der Waals surface area contributed by atoms with Gasteiger partial charge in [0, 0.05) is 44.0 Å². The van der Waals surface area contributed by atoms with Crippen molar-refractivity contribution >= 4 is 17.5 Å². The summed E-state index contributed by atoms with van der Waals surface area (Å²) in [6, 6.07) is 3.48. The maximum absolute atomic E-state index is 12.3. The smallest absolute Gasteiger partial charge is 0.254 e. The zero-order valence-corrected chi connectivity index (χ0v) is 12.4. The van der Waals surface area contributed by atoms with Gasteiger partial charge in [-0.2, -0.15) is 0 Å². The van der Waals surface area contributed by atoms with Gasteiger partial charge >= 0.3 is 0 Å². The SMILES string of the molecule is CCC(CO)N1CCN(C(=O)c2ccnc(Cl)c2)CC1. The lowest BCUT2D eigenvalue weighted by Crippen LogP contribution is -2.52. The van der Waals surface area contributed by atoms with Gasteiger partial charge in [-0.25, -0.2) is 4.98 Å². The maximum atomic E-state index is 12.3. The first-order chi connectivity index (χ1) is 9.65. The molecule has 1 aliphatic rings. The highest BCUT2D eigenvalue weighted by Gasteiger charge is 2.25. The molecular formula is C14H20ClN3O2. The highest BCUT2D eigenvalue weighted by molar-refractivity contribution is 6.29. The van der Waals surface area contributed by atoms with Crippen molar-refractivity contribution in [1.29, 1.82) is 0 Å². The maximum Gasteiger partial charge on any atom is 0.254 e. The van der Waals surface area contributed by atoms with Crippen LogP contribution >= 0.6 is 11.6 Å². The fourth-order valence-corrected chi connectivity index (χ4v) is 2.68. The van der Waals surface area contributed by atoms with E-state index in [4.69, 9.17) is 11.6 Å². The highest BCUT2D eigenvalue weighted by Crippen LogP contribution is 2.14. The number of hydrogen-bond acceptors (Lipinski definition) is 4. The molecule has 0 aliphatic carbocycles. The van der Waals surface area contributed by atoms with E-state index in [2.05, 4.69) is 16.8 Å². The van der Waals surface area contributed by atoms with Crippen molar-refractivity contribution in [2.75, 3.05) is 32.8 Å². The molecule has 1 aromatic rings. The number of hydrogen-bond donors (Lipinski definition) is 1. The third-order valence-electron chi connectivity index (χ3n) is 3.77. The molecule has 0 radical (unpaired) electrons. The number of aliphatic hydroxyl groups excluding tert-OH is 1. The number of rotatable bonds is 4. The minimum atomic E-state index is -0.00834. The number of nitrogens with zero attached hydrogens (tertiary/aromatic N) is 3. The second-order valence-corrected chi connectivity index (χ2v) is 5.33. The number of amides is 1. The standard InChI is InChI=1S/C14H20ClN3O2/c1-2-12(10-19)17-5-7-18(8-6-17)14(20)11-3-4-16-13(15)9-11/h3-4,9,12,19H,2,5-8,10H2,1H3. The normalized spacial score (nSPS) is 18.1. The van der Waals surface area contributed by atoms with Crippen molar-refractivity contribution in [1.82, 2.24) is 14.8 Å². The fraction of sp³-hybridized carbons (Fsp3) is 0.571. The number of aliphatic hydroxyl groups is 1. The Hall–Kier alpha value is -1.17. The van der Waals surface area contributed by atoms with Crippen LogP contribution in [-0.4, -0.2) is 64.6 Å². The van der Waals surface area contributed by atoms with Crippen LogP contribution in [0.4, 0.5) is 0 Å². The van der Waals surface area contributed by atoms with Gasteiger partial charge in [0.15, 0.2) is 0 Å². The van der Waals surface area contributed by atoms with E-state index >= 15 is 0 Å². The van der Waals surface area contributed by atoms with E-state index in [9.17, 15) is 9.90 Å². The molecule has 1 aromatic heterocycles. The quantitative estimate of drug-likeness (QED) is 0.850. The average molecular weight is 298 g/mol. The molecule has 2 rings (SSSR count). The van der Waals surface area contributed by atoms with Gasteiger partial charge in [0.2, 0.25) is 0 Å². The molecule has 1 amide bonds. The zero-order chi connectivity index (χ0) is 14.5. The Morgan fingerprint density at radius 2 is 2.15 bits per heavy atom. The second-order valence-electron chi connectivity index (χ2n) is 4.94. The van der Waals surface area contributed by atoms with Gasteiger partial charge in [-0.15, -0.1) is 0 Å². The Morgan fingerprint density at radius 3 is 2.70 bits per heavy atom. The molecular weight excluding hydrogens is 278 g/mol. The van der Waals surface area contributed by atoms with Gasteiger partial charge in [0.05, 0.1) is 6.61 Å². The van der Waals surface area contributed by atoms with E-state index in [1.165, 1.54) is 0 Å². The van der Waals surface area contributed by atoms with Gasteiger partial charge in [0.1, 0.15) is 5.15 Å². The first-order valence-electron chi connectivity index (χ1n) is 6.91. The van der Waals surface area contributed by atoms with Crippen LogP contribution in [0.15, 0.2) is 18.3 Å². The van der Waals surface area contributed by atoms with Crippen LogP contribution in [0, 0.1) is 0 Å². The van der Waals surface area contributed by atoms with E-state index in [1.807, 2.05) is 4.90 Å². The van der Waals surface area contributed by atoms with Crippen LogP contribution in [0.2, 0.25) is 5.15 Å². The molecule has 0 spiro atoms. The zero-order valence-electron chi connectivity index (χ0n) is 11.6. The number of halogens is 1. The summed E-state index contributed by atoms with van der Waals surface area (Å²) in [5.74, 6) is -0.00834. The summed E-state index contributed by atoms with van der Waals surface area (Å²) in [6.45, 7) is 5.18. The van der Waals surface area contributed by atoms with Crippen molar-refractivity contribution < 1.29 is 9.90 Å². The molecule has 20 heavy (non-hydrogen) atoms. The Morgan fingerprint density at radius 1 is 1.45 bits per heavy atom. The summed E-state index contributed by atoms with van der Waals surface area (Å²) < 4.78 is 0. The van der Waals surface area contributed by atoms with Crippen molar-refractivity contribution in [2.24, 2.45) is 0 Å². The summed E-state index contributed by atoms with van der Waals surface area (Å²) in [5.41, 5.74) is 0.577. The van der Waals surface area contributed by atoms with Crippen LogP contribution in [0.3, 0.4) is 0 Å². The summed E-state index contributed by atoms with van der Waals surface area (Å²) in [6.07, 6.45) is 2.47. The van der Waals surface area contributed by atoms with Gasteiger partial charge in [-0.05, 0) is 18.6 Å². The molecule has 1 fully saturated rings. The number of aromatic nitrogens is 1. The molecule has 1 unspecified atom stereocenters. The molecule has 1 N–H and O–H groups in total. The number of carbonyl (C=O) groups excluding carboxylic acids is 1. The van der Waals surface area contributed by atoms with Crippen LogP contribution in [0.25, 0.3) is 0 Å². The molecule has 1 aliphatic heterocycles. The third-order valence-corrected chi connectivity index (χ3v) is 3.98. The summed E-state index contributed by atoms with van der Waals surface area (Å²) in [5, 5.41) is 9.65. The lowest BCUT2D eigenvalue weighted by atomic mass is 10.1. The van der Waals surface area contributed by atoms with Gasteiger partial charge in [0.25, 0.3) is 5.91 Å². The molecule has 5 nitrogen and oxygen atoms in total. The van der Waals surface area contributed by atoms with Crippen LogP contribution in [0.1, 0.15) is 23.7 Å². The van der Waals surface area contributed by atoms with Crippen molar-refractivity contribution in [3.63, 3.8) is 0 Å². The molecule has 0 saturated carbocycles. The topological polar surface area (TPSA) is 56.7 Å². The Kier molecular flexibility index (Phi) is 5.34. The Balaban J connectivity index is 1.95. The summed E-state index contributed by atoms with van der Waals surface area (Å²) >= 11 is 5.81. The molecule has 2 heterocycles. The van der Waals surface area contributed by atoms with Crippen LogP contribution in [0.5, 0.6) is 0 Å². The Bertz CT molecular complexity index is 457. The van der Waals surface area contributed by atoms with Crippen LogP contribution in [-0.2, 0) is 0 Å². The van der Waals surface area contributed by atoms with Crippen molar-refractivity contribution in [2.45, 2.75) is 19.4 Å². The molecule has 0 aromatic carbocycles. The molecule has 1 atom stereocenters. The minimum absolute atomic E-state index is 0.00834. The number of piperazine rings is 1. The van der Waals surface area contributed by atoms with Crippen molar-refractivity contribution in [3.8, 4) is 0 Å². The number of pyridine rings is 1. The summed E-state index contributed by atoms with van der Waals surface area (Å²) in [4.78, 5) is 20.3. The second kappa shape index (κ2) is 7.02. The van der Waals surface area contributed by atoms with Crippen molar-refractivity contribution in [3.05, 3.63) is 29.0 Å². The molecule has 0 bridgehead atoms. The predicted octanol–water partition coefficient (Wildman–Crippen LogP) is 1.26. The van der Waals surface area contributed by atoms with Crippen LogP contribution < -0.4 is 0 Å². The molecule has 110 valence electrons. The lowest BCUT2D eigenvalue weighted by molar-refractivity contribution is 0.0472. The first kappa shape index (κ1) is 15.2. The Labute approximate surface area is 124 Å². The largest absolute Gasteiger partial charge is 0.395 e. The van der Waals surface area contributed by atoms with Gasteiger partial charge in [-0.3, -0.25) is 9.69 Å². The van der Waals surface area contributed by atoms with Gasteiger partial charge < -0.3 is 10.0 Å². The third kappa shape index (κ3) is 3.48. The van der Waals surface area contributed by atoms with E-state index in [0.717, 1.165) is 19.5 Å². The lowest BCUT2D eigenvalue weighted by Gasteiger charge is -2.38. The van der Waals surface area contributed by atoms with E-state index in [1.54, 1.807) is 18.3 Å². The molecule has 6 heteroatoms. The van der Waals surface area contributed by atoms with E-state index < -0.39 is 0 Å². The average Bonchev–Trinajstić information content (AvgIpc) is 2.48. The van der Waals surface area contributed by atoms with E-state index in [0.29, 0.717) is 23.8 Å². The van der Waals surface area contributed by atoms with E-state index in [-0.39, 0.29) is 18.6 Å². The first-order valence-corrected chi connectivity index (χ1v) is 7.29. The molecule has 1 saturated heterocycles. The minimum Gasteiger partial charge on any atom is -0.395 e. The predicted molar refractivity (Wildman–Crippen MR) is 77.9 cm³/mol.